The molecule has 3 heteroatoms. The van der Waals surface area contributed by atoms with Crippen LogP contribution in [0.15, 0.2) is 22.7 Å². The van der Waals surface area contributed by atoms with E-state index >= 15 is 0 Å². The third-order valence-electron chi connectivity index (χ3n) is 3.27. The zero-order valence-electron chi connectivity index (χ0n) is 11.2. The van der Waals surface area contributed by atoms with E-state index in [2.05, 4.69) is 59.8 Å². The van der Waals surface area contributed by atoms with Crippen LogP contribution in [0.3, 0.4) is 0 Å². The summed E-state index contributed by atoms with van der Waals surface area (Å²) in [6.07, 6.45) is 1.15. The minimum Gasteiger partial charge on any atom is -0.369 e. The first-order chi connectivity index (χ1) is 8.01. The van der Waals surface area contributed by atoms with Crippen molar-refractivity contribution in [2.24, 2.45) is 5.73 Å². The third-order valence-corrected chi connectivity index (χ3v) is 3.96. The second-order valence-corrected chi connectivity index (χ2v) is 5.39. The van der Waals surface area contributed by atoms with Crippen molar-refractivity contribution < 1.29 is 0 Å². The molecule has 1 aromatic rings. The van der Waals surface area contributed by atoms with E-state index in [1.807, 2.05) is 6.92 Å². The predicted octanol–water partition coefficient (Wildman–Crippen LogP) is 4.09. The number of nitrogens with zero attached hydrogens (tertiary/aromatic N) is 1. The lowest BCUT2D eigenvalue weighted by atomic mass is 10.1. The largest absolute Gasteiger partial charge is 0.369 e. The first kappa shape index (κ1) is 14.5. The van der Waals surface area contributed by atoms with Crippen LogP contribution in [0.4, 0.5) is 5.69 Å². The van der Waals surface area contributed by atoms with Gasteiger partial charge in [0.15, 0.2) is 0 Å². The van der Waals surface area contributed by atoms with Crippen LogP contribution >= 0.6 is 15.9 Å². The van der Waals surface area contributed by atoms with Gasteiger partial charge in [0.05, 0.1) is 0 Å². The van der Waals surface area contributed by atoms with E-state index in [1.165, 1.54) is 5.69 Å². The zero-order valence-corrected chi connectivity index (χ0v) is 12.8. The Bertz CT molecular complexity index is 363. The van der Waals surface area contributed by atoms with E-state index in [0.717, 1.165) is 23.0 Å². The van der Waals surface area contributed by atoms with Crippen LogP contribution in [-0.2, 0) is 0 Å². The predicted molar refractivity (Wildman–Crippen MR) is 79.5 cm³/mol. The number of hydrogen-bond acceptors (Lipinski definition) is 2. The third kappa shape index (κ3) is 3.46. The van der Waals surface area contributed by atoms with Crippen molar-refractivity contribution in [2.45, 2.75) is 46.2 Å². The number of benzene rings is 1. The van der Waals surface area contributed by atoms with Crippen molar-refractivity contribution in [3.05, 3.63) is 28.2 Å². The van der Waals surface area contributed by atoms with Gasteiger partial charge in [-0.15, -0.1) is 0 Å². The average Bonchev–Trinajstić information content (AvgIpc) is 2.29. The molecule has 2 nitrogen and oxygen atoms in total. The Morgan fingerprint density at radius 3 is 2.35 bits per heavy atom. The van der Waals surface area contributed by atoms with Gasteiger partial charge in [0.1, 0.15) is 0 Å². The number of hydrogen-bond donors (Lipinski definition) is 1. The molecular formula is C14H23BrN2. The number of halogens is 1. The molecule has 2 N–H and O–H groups in total. The quantitative estimate of drug-likeness (QED) is 0.887. The standard InChI is InChI=1S/C14H23BrN2/c1-5-10(3)17(6-2)12-7-8-13(11(4)16)14(15)9-12/h7-11H,5-6,16H2,1-4H3. The molecule has 0 fully saturated rings. The van der Waals surface area contributed by atoms with E-state index < -0.39 is 0 Å². The van der Waals surface area contributed by atoms with Crippen LogP contribution in [-0.4, -0.2) is 12.6 Å². The fourth-order valence-electron chi connectivity index (χ4n) is 2.03. The van der Waals surface area contributed by atoms with Gasteiger partial charge in [0, 0.05) is 28.8 Å². The highest BCUT2D eigenvalue weighted by molar-refractivity contribution is 9.10. The Hall–Kier alpha value is -0.540. The van der Waals surface area contributed by atoms with Gasteiger partial charge in [-0.05, 0) is 44.9 Å². The molecular weight excluding hydrogens is 276 g/mol. The van der Waals surface area contributed by atoms with Crippen molar-refractivity contribution >= 4 is 21.6 Å². The Labute approximate surface area is 113 Å². The Morgan fingerprint density at radius 2 is 1.94 bits per heavy atom. The monoisotopic (exact) mass is 298 g/mol. The molecule has 0 radical (unpaired) electrons. The molecule has 96 valence electrons. The van der Waals surface area contributed by atoms with Crippen molar-refractivity contribution in [1.82, 2.24) is 0 Å². The summed E-state index contributed by atoms with van der Waals surface area (Å²) in [7, 11) is 0. The summed E-state index contributed by atoms with van der Waals surface area (Å²) >= 11 is 3.61. The summed E-state index contributed by atoms with van der Waals surface area (Å²) in [5.41, 5.74) is 8.34. The molecule has 0 aliphatic rings. The number of nitrogens with two attached hydrogens (primary N) is 1. The molecule has 0 heterocycles. The summed E-state index contributed by atoms with van der Waals surface area (Å²) in [6.45, 7) is 9.71. The molecule has 0 aromatic heterocycles. The average molecular weight is 299 g/mol. The lowest BCUT2D eigenvalue weighted by molar-refractivity contribution is 0.629. The van der Waals surface area contributed by atoms with Crippen LogP contribution in [0.5, 0.6) is 0 Å². The van der Waals surface area contributed by atoms with Crippen LogP contribution in [0, 0.1) is 0 Å². The fourth-order valence-corrected chi connectivity index (χ4v) is 2.76. The van der Waals surface area contributed by atoms with Crippen LogP contribution in [0.25, 0.3) is 0 Å². The molecule has 1 aromatic carbocycles. The Morgan fingerprint density at radius 1 is 1.29 bits per heavy atom. The highest BCUT2D eigenvalue weighted by Gasteiger charge is 2.13. The lowest BCUT2D eigenvalue weighted by Gasteiger charge is -2.30. The van der Waals surface area contributed by atoms with Gasteiger partial charge < -0.3 is 10.6 Å². The first-order valence-electron chi connectivity index (χ1n) is 6.32. The fraction of sp³-hybridized carbons (Fsp3) is 0.571. The van der Waals surface area contributed by atoms with Gasteiger partial charge in [-0.25, -0.2) is 0 Å². The van der Waals surface area contributed by atoms with E-state index in [9.17, 15) is 0 Å². The van der Waals surface area contributed by atoms with E-state index in [0.29, 0.717) is 6.04 Å². The summed E-state index contributed by atoms with van der Waals surface area (Å²) < 4.78 is 1.10. The van der Waals surface area contributed by atoms with Crippen molar-refractivity contribution in [3.63, 3.8) is 0 Å². The maximum Gasteiger partial charge on any atom is 0.0380 e. The minimum atomic E-state index is 0.0668. The van der Waals surface area contributed by atoms with Gasteiger partial charge in [0.25, 0.3) is 0 Å². The van der Waals surface area contributed by atoms with Gasteiger partial charge in [0.2, 0.25) is 0 Å². The van der Waals surface area contributed by atoms with Gasteiger partial charge >= 0.3 is 0 Å². The smallest absolute Gasteiger partial charge is 0.0380 e. The molecule has 0 spiro atoms. The molecule has 2 unspecified atom stereocenters. The second kappa shape index (κ2) is 6.41. The number of anilines is 1. The lowest BCUT2D eigenvalue weighted by Crippen LogP contribution is -2.32. The Kier molecular flexibility index (Phi) is 5.47. The van der Waals surface area contributed by atoms with Crippen molar-refractivity contribution in [3.8, 4) is 0 Å². The summed E-state index contributed by atoms with van der Waals surface area (Å²) in [4.78, 5) is 2.41. The molecule has 1 rings (SSSR count). The van der Waals surface area contributed by atoms with Gasteiger partial charge in [-0.1, -0.05) is 28.9 Å². The summed E-state index contributed by atoms with van der Waals surface area (Å²) in [5, 5.41) is 0. The molecule has 2 atom stereocenters. The van der Waals surface area contributed by atoms with Crippen molar-refractivity contribution in [2.75, 3.05) is 11.4 Å². The molecule has 17 heavy (non-hydrogen) atoms. The summed E-state index contributed by atoms with van der Waals surface area (Å²) in [5.74, 6) is 0. The molecule has 0 bridgehead atoms. The van der Waals surface area contributed by atoms with Crippen molar-refractivity contribution in [1.29, 1.82) is 0 Å². The highest BCUT2D eigenvalue weighted by Crippen LogP contribution is 2.28. The molecule has 0 amide bonds. The maximum absolute atomic E-state index is 5.92. The van der Waals surface area contributed by atoms with Crippen LogP contribution < -0.4 is 10.6 Å². The molecule has 0 aliphatic carbocycles. The SMILES string of the molecule is CCC(C)N(CC)c1ccc(C(C)N)c(Br)c1. The molecule has 0 saturated carbocycles. The molecule has 0 aliphatic heterocycles. The van der Waals surface area contributed by atoms with Crippen LogP contribution in [0.2, 0.25) is 0 Å². The van der Waals surface area contributed by atoms with E-state index in [-0.39, 0.29) is 6.04 Å². The van der Waals surface area contributed by atoms with E-state index in [4.69, 9.17) is 5.73 Å². The number of rotatable bonds is 5. The van der Waals surface area contributed by atoms with Crippen LogP contribution in [0.1, 0.15) is 45.7 Å². The summed E-state index contributed by atoms with van der Waals surface area (Å²) in [6, 6.07) is 7.09. The topological polar surface area (TPSA) is 29.3 Å². The maximum atomic E-state index is 5.92. The zero-order chi connectivity index (χ0) is 13.0. The van der Waals surface area contributed by atoms with Gasteiger partial charge in [-0.3, -0.25) is 0 Å². The second-order valence-electron chi connectivity index (χ2n) is 4.54. The molecule has 0 saturated heterocycles. The minimum absolute atomic E-state index is 0.0668. The highest BCUT2D eigenvalue weighted by atomic mass is 79.9. The van der Waals surface area contributed by atoms with Gasteiger partial charge in [-0.2, -0.15) is 0 Å². The normalized spacial score (nSPS) is 14.5. The first-order valence-corrected chi connectivity index (χ1v) is 7.12. The Balaban J connectivity index is 3.03. The van der Waals surface area contributed by atoms with E-state index in [1.54, 1.807) is 0 Å².